The van der Waals surface area contributed by atoms with E-state index in [2.05, 4.69) is 18.7 Å². The Morgan fingerprint density at radius 1 is 0.840 bits per heavy atom. The first kappa shape index (κ1) is 21.6. The van der Waals surface area contributed by atoms with Crippen molar-refractivity contribution in [2.45, 2.75) is 133 Å². The van der Waals surface area contributed by atoms with Crippen LogP contribution in [0, 0.1) is 0 Å². The molecule has 1 nitrogen and oxygen atoms in total. The minimum Gasteiger partial charge on any atom is -0.378 e. The molecular weight excluding hydrogens is 324 g/mol. The summed E-state index contributed by atoms with van der Waals surface area (Å²) in [7, 11) is 0. The summed E-state index contributed by atoms with van der Waals surface area (Å²) in [4.78, 5) is 0. The monoisotopic (exact) mass is 368 g/mol. The molecule has 0 spiro atoms. The first-order valence-electron chi connectivity index (χ1n) is 11.6. The summed E-state index contributed by atoms with van der Waals surface area (Å²) in [5.74, 6) is 1.42. The number of hydrogen-bond donors (Lipinski definition) is 0. The highest BCUT2D eigenvalue weighted by atomic mass is 32.2. The molecule has 1 saturated heterocycles. The Kier molecular flexibility index (Phi) is 11.6. The summed E-state index contributed by atoms with van der Waals surface area (Å²) in [6.07, 6.45) is 26.3. The number of thioether (sulfide) groups is 1. The van der Waals surface area contributed by atoms with Crippen molar-refractivity contribution in [3.05, 3.63) is 0 Å². The largest absolute Gasteiger partial charge is 0.378 e. The van der Waals surface area contributed by atoms with Crippen LogP contribution in [-0.4, -0.2) is 23.2 Å². The standard InChI is InChI=1S/C23H44OS/c1-2-3-17-23(18-11-8-12-19-23)25-21-14-7-5-4-6-9-15-22-16-10-13-20-24-22/h22H,2-21H2,1H3. The molecule has 1 saturated carbocycles. The molecular formula is C23H44OS. The quantitative estimate of drug-likeness (QED) is 0.305. The predicted octanol–water partition coefficient (Wildman–Crippen LogP) is 7.91. The minimum absolute atomic E-state index is 0.597. The molecule has 2 rings (SSSR count). The zero-order valence-electron chi connectivity index (χ0n) is 17.0. The summed E-state index contributed by atoms with van der Waals surface area (Å²) in [5, 5.41) is 0. The normalized spacial score (nSPS) is 23.6. The predicted molar refractivity (Wildman–Crippen MR) is 114 cm³/mol. The molecule has 1 unspecified atom stereocenters. The first-order chi connectivity index (χ1) is 12.3. The second kappa shape index (κ2) is 13.5. The van der Waals surface area contributed by atoms with Crippen molar-refractivity contribution in [2.24, 2.45) is 0 Å². The maximum Gasteiger partial charge on any atom is 0.0575 e. The summed E-state index contributed by atoms with van der Waals surface area (Å²) in [6, 6.07) is 0. The van der Waals surface area contributed by atoms with E-state index in [-0.39, 0.29) is 0 Å². The topological polar surface area (TPSA) is 9.23 Å². The van der Waals surface area contributed by atoms with Gasteiger partial charge in [0.2, 0.25) is 0 Å². The first-order valence-corrected chi connectivity index (χ1v) is 12.6. The van der Waals surface area contributed by atoms with Crippen LogP contribution in [0.4, 0.5) is 0 Å². The second-order valence-corrected chi connectivity index (χ2v) is 10.2. The lowest BCUT2D eigenvalue weighted by molar-refractivity contribution is 0.00977. The Morgan fingerprint density at radius 2 is 1.60 bits per heavy atom. The third-order valence-electron chi connectivity index (χ3n) is 6.35. The molecule has 0 aromatic carbocycles. The molecule has 1 aliphatic heterocycles. The van der Waals surface area contributed by atoms with Crippen LogP contribution in [0.3, 0.4) is 0 Å². The summed E-state index contributed by atoms with van der Waals surface area (Å²) < 4.78 is 6.50. The van der Waals surface area contributed by atoms with Crippen LogP contribution >= 0.6 is 11.8 Å². The second-order valence-electron chi connectivity index (χ2n) is 8.59. The van der Waals surface area contributed by atoms with Gasteiger partial charge >= 0.3 is 0 Å². The Balaban J connectivity index is 1.43. The van der Waals surface area contributed by atoms with Crippen molar-refractivity contribution in [2.75, 3.05) is 12.4 Å². The SMILES string of the molecule is CCCCC1(SCCCCCCCCC2CCCCO2)CCCCC1. The fourth-order valence-corrected chi connectivity index (χ4v) is 6.31. The Morgan fingerprint density at radius 3 is 2.32 bits per heavy atom. The lowest BCUT2D eigenvalue weighted by Crippen LogP contribution is -2.28. The van der Waals surface area contributed by atoms with Gasteiger partial charge in [-0.25, -0.2) is 0 Å². The van der Waals surface area contributed by atoms with Crippen molar-refractivity contribution >= 4 is 11.8 Å². The number of ether oxygens (including phenoxy) is 1. The molecule has 0 aromatic rings. The Bertz CT molecular complexity index is 305. The molecule has 148 valence electrons. The Hall–Kier alpha value is 0.310. The third kappa shape index (κ3) is 9.18. The molecule has 2 aliphatic rings. The van der Waals surface area contributed by atoms with Crippen LogP contribution in [0.25, 0.3) is 0 Å². The third-order valence-corrected chi connectivity index (χ3v) is 8.07. The lowest BCUT2D eigenvalue weighted by atomic mass is 9.85. The van der Waals surface area contributed by atoms with Crippen LogP contribution in [0.5, 0.6) is 0 Å². The molecule has 0 radical (unpaired) electrons. The van der Waals surface area contributed by atoms with Gasteiger partial charge in [-0.1, -0.05) is 71.1 Å². The zero-order chi connectivity index (χ0) is 17.6. The highest BCUT2D eigenvalue weighted by molar-refractivity contribution is 8.00. The van der Waals surface area contributed by atoms with Crippen LogP contribution < -0.4 is 0 Å². The maximum absolute atomic E-state index is 5.83. The van der Waals surface area contributed by atoms with Gasteiger partial charge in [0, 0.05) is 11.4 Å². The van der Waals surface area contributed by atoms with E-state index in [1.807, 2.05) is 0 Å². The van der Waals surface area contributed by atoms with E-state index >= 15 is 0 Å². The molecule has 0 amide bonds. The number of rotatable bonds is 13. The van der Waals surface area contributed by atoms with Crippen LogP contribution in [-0.2, 0) is 4.74 Å². The molecule has 1 aliphatic carbocycles. The average Bonchev–Trinajstić information content (AvgIpc) is 2.67. The van der Waals surface area contributed by atoms with Crippen molar-refractivity contribution < 1.29 is 4.74 Å². The zero-order valence-corrected chi connectivity index (χ0v) is 17.9. The average molecular weight is 369 g/mol. The summed E-state index contributed by atoms with van der Waals surface area (Å²) >= 11 is 2.36. The van der Waals surface area contributed by atoms with Gasteiger partial charge in [-0.2, -0.15) is 11.8 Å². The van der Waals surface area contributed by atoms with Gasteiger partial charge in [0.15, 0.2) is 0 Å². The van der Waals surface area contributed by atoms with Crippen molar-refractivity contribution in [1.29, 1.82) is 0 Å². The van der Waals surface area contributed by atoms with Crippen LogP contribution in [0.1, 0.15) is 122 Å². The fourth-order valence-electron chi connectivity index (χ4n) is 4.67. The van der Waals surface area contributed by atoms with E-state index in [4.69, 9.17) is 4.74 Å². The van der Waals surface area contributed by atoms with Crippen molar-refractivity contribution in [1.82, 2.24) is 0 Å². The van der Waals surface area contributed by atoms with Crippen LogP contribution in [0.2, 0.25) is 0 Å². The van der Waals surface area contributed by atoms with Gasteiger partial charge in [0.1, 0.15) is 0 Å². The van der Waals surface area contributed by atoms with Gasteiger partial charge in [-0.05, 0) is 57.1 Å². The van der Waals surface area contributed by atoms with E-state index in [0.717, 1.165) is 6.61 Å². The van der Waals surface area contributed by atoms with Gasteiger partial charge in [0.25, 0.3) is 0 Å². The number of hydrogen-bond acceptors (Lipinski definition) is 2. The molecule has 1 atom stereocenters. The van der Waals surface area contributed by atoms with Crippen molar-refractivity contribution in [3.8, 4) is 0 Å². The molecule has 0 N–H and O–H groups in total. The molecule has 0 aromatic heterocycles. The van der Waals surface area contributed by atoms with Gasteiger partial charge in [-0.3, -0.25) is 0 Å². The van der Waals surface area contributed by atoms with Crippen molar-refractivity contribution in [3.63, 3.8) is 0 Å². The van der Waals surface area contributed by atoms with E-state index in [1.54, 1.807) is 0 Å². The lowest BCUT2D eigenvalue weighted by Gasteiger charge is -2.37. The van der Waals surface area contributed by atoms with Gasteiger partial charge in [-0.15, -0.1) is 0 Å². The highest BCUT2D eigenvalue weighted by Crippen LogP contribution is 2.44. The minimum atomic E-state index is 0.597. The van der Waals surface area contributed by atoms with Crippen LogP contribution in [0.15, 0.2) is 0 Å². The van der Waals surface area contributed by atoms with E-state index in [9.17, 15) is 0 Å². The van der Waals surface area contributed by atoms with E-state index in [1.165, 1.54) is 121 Å². The van der Waals surface area contributed by atoms with E-state index in [0.29, 0.717) is 10.9 Å². The Labute approximate surface area is 162 Å². The summed E-state index contributed by atoms with van der Waals surface area (Å²) in [6.45, 7) is 3.36. The molecule has 0 bridgehead atoms. The van der Waals surface area contributed by atoms with E-state index < -0.39 is 0 Å². The molecule has 2 fully saturated rings. The summed E-state index contributed by atoms with van der Waals surface area (Å²) in [5.41, 5.74) is 0. The molecule has 2 heteroatoms. The molecule has 25 heavy (non-hydrogen) atoms. The fraction of sp³-hybridized carbons (Fsp3) is 1.00. The smallest absolute Gasteiger partial charge is 0.0575 e. The van der Waals surface area contributed by atoms with Gasteiger partial charge in [0.05, 0.1) is 6.10 Å². The van der Waals surface area contributed by atoms with Gasteiger partial charge < -0.3 is 4.74 Å². The maximum atomic E-state index is 5.83. The molecule has 1 heterocycles. The highest BCUT2D eigenvalue weighted by Gasteiger charge is 2.31. The number of unbranched alkanes of at least 4 members (excludes halogenated alkanes) is 6.